The van der Waals surface area contributed by atoms with Gasteiger partial charge in [-0.05, 0) is 31.2 Å². The summed E-state index contributed by atoms with van der Waals surface area (Å²) >= 11 is 0. The molecule has 0 bridgehead atoms. The Labute approximate surface area is 117 Å². The van der Waals surface area contributed by atoms with Crippen molar-refractivity contribution in [2.45, 2.75) is 6.92 Å². The number of anilines is 1. The first kappa shape index (κ1) is 13.8. The predicted octanol–water partition coefficient (Wildman–Crippen LogP) is 3.15. The van der Waals surface area contributed by atoms with E-state index < -0.39 is 0 Å². The van der Waals surface area contributed by atoms with Crippen molar-refractivity contribution in [2.75, 3.05) is 12.4 Å². The number of nitrogens with one attached hydrogen (secondary N) is 1. The minimum atomic E-state index is -0.228. The number of amides is 1. The summed E-state index contributed by atoms with van der Waals surface area (Å²) in [5.41, 5.74) is 1.74. The summed E-state index contributed by atoms with van der Waals surface area (Å²) in [4.78, 5) is 23.2. The Morgan fingerprint density at radius 2 is 1.65 bits per heavy atom. The zero-order valence-corrected chi connectivity index (χ0v) is 11.3. The monoisotopic (exact) mass is 269 g/mol. The van der Waals surface area contributed by atoms with Crippen LogP contribution >= 0.6 is 0 Å². The van der Waals surface area contributed by atoms with Crippen LogP contribution in [0.4, 0.5) is 5.69 Å². The average molecular weight is 269 g/mol. The molecule has 1 N–H and O–H groups in total. The minimum absolute atomic E-state index is 0.0234. The molecule has 0 heterocycles. The van der Waals surface area contributed by atoms with Gasteiger partial charge in [0.1, 0.15) is 5.75 Å². The van der Waals surface area contributed by atoms with Gasteiger partial charge >= 0.3 is 0 Å². The molecule has 0 aliphatic heterocycles. The van der Waals surface area contributed by atoms with Gasteiger partial charge in [-0.25, -0.2) is 0 Å². The van der Waals surface area contributed by atoms with Crippen LogP contribution in [0.25, 0.3) is 0 Å². The molecular formula is C16H15NO3. The van der Waals surface area contributed by atoms with Crippen LogP contribution in [0.3, 0.4) is 0 Å². The average Bonchev–Trinajstić information content (AvgIpc) is 2.47. The van der Waals surface area contributed by atoms with Gasteiger partial charge in [0.05, 0.1) is 7.11 Å². The van der Waals surface area contributed by atoms with Crippen LogP contribution in [0.2, 0.25) is 0 Å². The van der Waals surface area contributed by atoms with Gasteiger partial charge in [0.15, 0.2) is 5.78 Å². The lowest BCUT2D eigenvalue weighted by atomic mass is 10.1. The van der Waals surface area contributed by atoms with Gasteiger partial charge in [-0.2, -0.15) is 0 Å². The fourth-order valence-corrected chi connectivity index (χ4v) is 1.76. The molecule has 0 unspecified atom stereocenters. The number of Topliss-reactive ketones (excluding diaryl/α,β-unsaturated/α-hetero) is 1. The number of ether oxygens (including phenoxy) is 1. The van der Waals surface area contributed by atoms with Crippen molar-refractivity contribution in [1.82, 2.24) is 0 Å². The summed E-state index contributed by atoms with van der Waals surface area (Å²) in [7, 11) is 1.57. The molecule has 0 atom stereocenters. The Morgan fingerprint density at radius 3 is 2.25 bits per heavy atom. The number of carbonyl (C=O) groups excluding carboxylic acids is 2. The Bertz CT molecular complexity index is 632. The van der Waals surface area contributed by atoms with Crippen LogP contribution in [0.1, 0.15) is 27.6 Å². The second kappa shape index (κ2) is 6.02. The molecule has 0 aliphatic rings. The Hall–Kier alpha value is -2.62. The quantitative estimate of drug-likeness (QED) is 0.867. The third-order valence-corrected chi connectivity index (χ3v) is 2.88. The van der Waals surface area contributed by atoms with E-state index in [1.165, 1.54) is 6.92 Å². The van der Waals surface area contributed by atoms with Crippen molar-refractivity contribution in [3.63, 3.8) is 0 Å². The maximum Gasteiger partial charge on any atom is 0.255 e. The van der Waals surface area contributed by atoms with Crippen LogP contribution in [0.15, 0.2) is 48.5 Å². The Kier molecular flexibility index (Phi) is 4.15. The molecule has 1 amide bonds. The highest BCUT2D eigenvalue weighted by Crippen LogP contribution is 2.17. The first-order valence-corrected chi connectivity index (χ1v) is 6.16. The number of carbonyl (C=O) groups is 2. The van der Waals surface area contributed by atoms with Crippen molar-refractivity contribution >= 4 is 17.4 Å². The molecule has 4 nitrogen and oxygen atoms in total. The molecule has 0 saturated heterocycles. The number of hydrogen-bond donors (Lipinski definition) is 1. The summed E-state index contributed by atoms with van der Waals surface area (Å²) in [6.07, 6.45) is 0. The molecule has 0 spiro atoms. The maximum absolute atomic E-state index is 12.1. The van der Waals surface area contributed by atoms with Gasteiger partial charge in [-0.15, -0.1) is 0 Å². The smallest absolute Gasteiger partial charge is 0.255 e. The van der Waals surface area contributed by atoms with Crippen molar-refractivity contribution in [1.29, 1.82) is 0 Å². The van der Waals surface area contributed by atoms with E-state index in [9.17, 15) is 9.59 Å². The van der Waals surface area contributed by atoms with E-state index in [0.717, 1.165) is 0 Å². The van der Waals surface area contributed by atoms with E-state index in [2.05, 4.69) is 5.32 Å². The molecule has 0 radical (unpaired) electrons. The van der Waals surface area contributed by atoms with E-state index in [-0.39, 0.29) is 11.7 Å². The van der Waals surface area contributed by atoms with Crippen LogP contribution < -0.4 is 10.1 Å². The number of methoxy groups -OCH3 is 1. The number of ketones is 1. The van der Waals surface area contributed by atoms with Gasteiger partial charge in [0.25, 0.3) is 5.91 Å². The van der Waals surface area contributed by atoms with E-state index in [4.69, 9.17) is 4.74 Å². The fourth-order valence-electron chi connectivity index (χ4n) is 1.76. The van der Waals surface area contributed by atoms with Crippen LogP contribution in [0.5, 0.6) is 5.75 Å². The second-order valence-electron chi connectivity index (χ2n) is 4.32. The first-order chi connectivity index (χ1) is 9.60. The molecule has 4 heteroatoms. The third-order valence-electron chi connectivity index (χ3n) is 2.88. The summed E-state index contributed by atoms with van der Waals surface area (Å²) in [6, 6.07) is 13.7. The molecule has 20 heavy (non-hydrogen) atoms. The molecule has 0 aliphatic carbocycles. The van der Waals surface area contributed by atoms with E-state index in [0.29, 0.717) is 22.6 Å². The first-order valence-electron chi connectivity index (χ1n) is 6.16. The highest BCUT2D eigenvalue weighted by molar-refractivity contribution is 6.05. The lowest BCUT2D eigenvalue weighted by Gasteiger charge is -2.07. The van der Waals surface area contributed by atoms with Crippen LogP contribution in [0, 0.1) is 0 Å². The summed E-state index contributed by atoms with van der Waals surface area (Å²) in [5, 5.41) is 2.78. The summed E-state index contributed by atoms with van der Waals surface area (Å²) < 4.78 is 5.10. The highest BCUT2D eigenvalue weighted by Gasteiger charge is 2.07. The van der Waals surface area contributed by atoms with E-state index >= 15 is 0 Å². The molecule has 2 rings (SSSR count). The molecular weight excluding hydrogens is 254 g/mol. The van der Waals surface area contributed by atoms with Gasteiger partial charge < -0.3 is 10.1 Å². The SMILES string of the molecule is COc1cccc(NC(=O)c2ccc(C(C)=O)cc2)c1. The number of hydrogen-bond acceptors (Lipinski definition) is 3. The second-order valence-corrected chi connectivity index (χ2v) is 4.32. The van der Waals surface area contributed by atoms with E-state index in [1.807, 2.05) is 0 Å². The molecule has 2 aromatic carbocycles. The standard InChI is InChI=1S/C16H15NO3/c1-11(18)12-6-8-13(9-7-12)16(19)17-14-4-3-5-15(10-14)20-2/h3-10H,1-2H3,(H,17,19). The zero-order chi connectivity index (χ0) is 14.5. The minimum Gasteiger partial charge on any atom is -0.497 e. The summed E-state index contributed by atoms with van der Waals surface area (Å²) in [5.74, 6) is 0.424. The predicted molar refractivity (Wildman–Crippen MR) is 77.4 cm³/mol. The highest BCUT2D eigenvalue weighted by atomic mass is 16.5. The fraction of sp³-hybridized carbons (Fsp3) is 0.125. The molecule has 0 fully saturated rings. The largest absolute Gasteiger partial charge is 0.497 e. The number of rotatable bonds is 4. The lowest BCUT2D eigenvalue weighted by Crippen LogP contribution is -2.12. The Morgan fingerprint density at radius 1 is 1.00 bits per heavy atom. The van der Waals surface area contributed by atoms with Crippen LogP contribution in [-0.4, -0.2) is 18.8 Å². The van der Waals surface area contributed by atoms with Crippen molar-refractivity contribution in [3.8, 4) is 5.75 Å². The maximum atomic E-state index is 12.1. The van der Waals surface area contributed by atoms with Crippen molar-refractivity contribution in [2.24, 2.45) is 0 Å². The molecule has 2 aromatic rings. The van der Waals surface area contributed by atoms with Crippen molar-refractivity contribution in [3.05, 3.63) is 59.7 Å². The number of benzene rings is 2. The van der Waals surface area contributed by atoms with Gasteiger partial charge in [0.2, 0.25) is 0 Å². The lowest BCUT2D eigenvalue weighted by molar-refractivity contribution is 0.100. The topological polar surface area (TPSA) is 55.4 Å². The van der Waals surface area contributed by atoms with E-state index in [1.54, 1.807) is 55.6 Å². The van der Waals surface area contributed by atoms with Gasteiger partial charge in [0, 0.05) is 22.9 Å². The van der Waals surface area contributed by atoms with Crippen molar-refractivity contribution < 1.29 is 14.3 Å². The van der Waals surface area contributed by atoms with Gasteiger partial charge in [-0.1, -0.05) is 18.2 Å². The summed E-state index contributed by atoms with van der Waals surface area (Å²) in [6.45, 7) is 1.49. The molecule has 102 valence electrons. The zero-order valence-electron chi connectivity index (χ0n) is 11.3. The third kappa shape index (κ3) is 3.23. The molecule has 0 saturated carbocycles. The normalized spacial score (nSPS) is 9.90. The Balaban J connectivity index is 2.13. The van der Waals surface area contributed by atoms with Gasteiger partial charge in [-0.3, -0.25) is 9.59 Å². The van der Waals surface area contributed by atoms with Crippen LogP contribution in [-0.2, 0) is 0 Å². The molecule has 0 aromatic heterocycles.